The molecule has 0 aliphatic heterocycles. The summed E-state index contributed by atoms with van der Waals surface area (Å²) >= 11 is 15.5. The lowest BCUT2D eigenvalue weighted by Gasteiger charge is -2.20. The number of hydrogen-bond donors (Lipinski definition) is 2. The van der Waals surface area contributed by atoms with Crippen LogP contribution < -0.4 is 11.3 Å². The lowest BCUT2D eigenvalue weighted by atomic mass is 9.99. The van der Waals surface area contributed by atoms with Gasteiger partial charge in [-0.05, 0) is 47.5 Å². The lowest BCUT2D eigenvalue weighted by Crippen LogP contribution is -2.29. The lowest BCUT2D eigenvalue weighted by molar-refractivity contribution is 0.603. The monoisotopic (exact) mass is 362 g/mol. The van der Waals surface area contributed by atoms with Gasteiger partial charge in [-0.1, -0.05) is 39.1 Å². The van der Waals surface area contributed by atoms with Gasteiger partial charge in [-0.25, -0.2) is 9.82 Å². The summed E-state index contributed by atoms with van der Waals surface area (Å²) < 4.78 is 14.1. The molecule has 2 nitrogen and oxygen atoms in total. The molecule has 0 aliphatic rings. The maximum atomic E-state index is 13.4. The molecule has 0 fully saturated rings. The maximum Gasteiger partial charge on any atom is 0.123 e. The van der Waals surface area contributed by atoms with Crippen LogP contribution in [0.5, 0.6) is 0 Å². The average Bonchev–Trinajstić information content (AvgIpc) is 2.38. The molecule has 0 aromatic heterocycles. The van der Waals surface area contributed by atoms with Crippen molar-refractivity contribution in [3.63, 3.8) is 0 Å². The number of hydrogen-bond acceptors (Lipinski definition) is 2. The van der Waals surface area contributed by atoms with E-state index in [0.717, 1.165) is 4.47 Å². The van der Waals surface area contributed by atoms with Gasteiger partial charge in [0.1, 0.15) is 5.82 Å². The molecule has 19 heavy (non-hydrogen) atoms. The summed E-state index contributed by atoms with van der Waals surface area (Å²) in [5, 5.41) is 1.04. The fourth-order valence-electron chi connectivity index (χ4n) is 1.82. The molecule has 6 heteroatoms. The largest absolute Gasteiger partial charge is 0.271 e. The van der Waals surface area contributed by atoms with Crippen LogP contribution in [0.2, 0.25) is 10.0 Å². The quantitative estimate of drug-likeness (QED) is 0.624. The fourth-order valence-corrected chi connectivity index (χ4v) is 2.70. The van der Waals surface area contributed by atoms with Gasteiger partial charge in [-0.3, -0.25) is 5.84 Å². The van der Waals surface area contributed by atoms with Crippen LogP contribution in [0.1, 0.15) is 17.2 Å². The zero-order valence-corrected chi connectivity index (χ0v) is 12.7. The van der Waals surface area contributed by atoms with Gasteiger partial charge in [0.15, 0.2) is 0 Å². The highest BCUT2D eigenvalue weighted by molar-refractivity contribution is 9.10. The van der Waals surface area contributed by atoms with Gasteiger partial charge in [0.25, 0.3) is 0 Å². The van der Waals surface area contributed by atoms with E-state index in [2.05, 4.69) is 21.4 Å². The number of benzene rings is 2. The van der Waals surface area contributed by atoms with E-state index < -0.39 is 6.04 Å². The molecule has 2 rings (SSSR count). The van der Waals surface area contributed by atoms with Gasteiger partial charge in [0.05, 0.1) is 6.04 Å². The topological polar surface area (TPSA) is 38.0 Å². The molecule has 1 atom stereocenters. The van der Waals surface area contributed by atoms with Gasteiger partial charge in [0, 0.05) is 14.5 Å². The third-order valence-corrected chi connectivity index (χ3v) is 4.01. The second-order valence-corrected chi connectivity index (χ2v) is 5.63. The van der Waals surface area contributed by atoms with Crippen LogP contribution in [0.3, 0.4) is 0 Å². The SMILES string of the molecule is NNC(c1cc(Cl)ccc1Cl)c1cc(F)ccc1Br. The standard InChI is InChI=1S/C13H10BrCl2FN2/c14-11-3-2-8(17)6-9(11)13(19-18)10-5-7(15)1-4-12(10)16/h1-6,13,19H,18H2. The van der Waals surface area contributed by atoms with E-state index in [0.29, 0.717) is 21.2 Å². The molecule has 0 spiro atoms. The Kier molecular flexibility index (Phi) is 4.81. The van der Waals surface area contributed by atoms with Crippen molar-refractivity contribution in [1.29, 1.82) is 0 Å². The molecule has 0 saturated carbocycles. The third kappa shape index (κ3) is 3.27. The summed E-state index contributed by atoms with van der Waals surface area (Å²) in [6, 6.07) is 8.97. The minimum absolute atomic E-state index is 0.350. The third-order valence-electron chi connectivity index (χ3n) is 2.70. The highest BCUT2D eigenvalue weighted by Gasteiger charge is 2.19. The molecule has 3 N–H and O–H groups in total. The Bertz CT molecular complexity index is 556. The van der Waals surface area contributed by atoms with Crippen molar-refractivity contribution in [1.82, 2.24) is 5.43 Å². The zero-order valence-electron chi connectivity index (χ0n) is 9.63. The Hall–Kier alpha value is -0.650. The van der Waals surface area contributed by atoms with E-state index in [1.54, 1.807) is 24.3 Å². The molecule has 0 amide bonds. The van der Waals surface area contributed by atoms with Crippen LogP contribution in [0.15, 0.2) is 40.9 Å². The Labute approximate surface area is 128 Å². The molecule has 1 unspecified atom stereocenters. The minimum atomic E-state index is -0.462. The normalized spacial score (nSPS) is 12.5. The van der Waals surface area contributed by atoms with Crippen LogP contribution in [-0.4, -0.2) is 0 Å². The highest BCUT2D eigenvalue weighted by atomic mass is 79.9. The Morgan fingerprint density at radius 3 is 2.53 bits per heavy atom. The van der Waals surface area contributed by atoms with Crippen molar-refractivity contribution < 1.29 is 4.39 Å². The van der Waals surface area contributed by atoms with Gasteiger partial charge >= 0.3 is 0 Å². The predicted molar refractivity (Wildman–Crippen MR) is 79.7 cm³/mol. The second-order valence-electron chi connectivity index (χ2n) is 3.93. The number of halogens is 4. The average molecular weight is 364 g/mol. The van der Waals surface area contributed by atoms with Gasteiger partial charge in [-0.15, -0.1) is 0 Å². The number of nitrogens with one attached hydrogen (secondary N) is 1. The first-order valence-electron chi connectivity index (χ1n) is 5.39. The highest BCUT2D eigenvalue weighted by Crippen LogP contribution is 2.33. The van der Waals surface area contributed by atoms with E-state index in [9.17, 15) is 4.39 Å². The van der Waals surface area contributed by atoms with Crippen LogP contribution in [0, 0.1) is 5.82 Å². The first-order chi connectivity index (χ1) is 9.02. The summed E-state index contributed by atoms with van der Waals surface area (Å²) in [6.07, 6.45) is 0. The fraction of sp³-hybridized carbons (Fsp3) is 0.0769. The van der Waals surface area contributed by atoms with Gasteiger partial charge < -0.3 is 0 Å². The second kappa shape index (κ2) is 6.20. The molecular formula is C13H10BrCl2FN2. The van der Waals surface area contributed by atoms with E-state index in [1.165, 1.54) is 12.1 Å². The zero-order chi connectivity index (χ0) is 14.0. The van der Waals surface area contributed by atoms with Crippen molar-refractivity contribution in [3.05, 3.63) is 67.9 Å². The molecule has 0 radical (unpaired) electrons. The summed E-state index contributed by atoms with van der Waals surface area (Å²) in [6.45, 7) is 0. The molecule has 100 valence electrons. The van der Waals surface area contributed by atoms with Crippen molar-refractivity contribution in [2.45, 2.75) is 6.04 Å². The molecular weight excluding hydrogens is 354 g/mol. The van der Waals surface area contributed by atoms with Crippen molar-refractivity contribution in [2.24, 2.45) is 5.84 Å². The number of rotatable bonds is 3. The van der Waals surface area contributed by atoms with Crippen LogP contribution >= 0.6 is 39.1 Å². The summed E-state index contributed by atoms with van der Waals surface area (Å²) in [5.74, 6) is 5.23. The van der Waals surface area contributed by atoms with E-state index >= 15 is 0 Å². The maximum absolute atomic E-state index is 13.4. The summed E-state index contributed by atoms with van der Waals surface area (Å²) in [7, 11) is 0. The minimum Gasteiger partial charge on any atom is -0.271 e. The van der Waals surface area contributed by atoms with E-state index in [-0.39, 0.29) is 5.82 Å². The van der Waals surface area contributed by atoms with E-state index in [1.807, 2.05) is 0 Å². The molecule has 0 aliphatic carbocycles. The molecule has 0 bridgehead atoms. The van der Waals surface area contributed by atoms with Crippen molar-refractivity contribution >= 4 is 39.1 Å². The Morgan fingerprint density at radius 1 is 1.11 bits per heavy atom. The van der Waals surface area contributed by atoms with E-state index in [4.69, 9.17) is 29.0 Å². The molecule has 2 aromatic rings. The van der Waals surface area contributed by atoms with Gasteiger partial charge in [0.2, 0.25) is 0 Å². The van der Waals surface area contributed by atoms with Crippen LogP contribution in [-0.2, 0) is 0 Å². The van der Waals surface area contributed by atoms with Crippen LogP contribution in [0.4, 0.5) is 4.39 Å². The molecule has 0 heterocycles. The Morgan fingerprint density at radius 2 is 1.84 bits per heavy atom. The van der Waals surface area contributed by atoms with Crippen molar-refractivity contribution in [2.75, 3.05) is 0 Å². The number of nitrogens with two attached hydrogens (primary N) is 1. The predicted octanol–water partition coefficient (Wildman–Crippen LogP) is 4.45. The Balaban J connectivity index is 2.55. The first-order valence-corrected chi connectivity index (χ1v) is 6.94. The molecule has 2 aromatic carbocycles. The van der Waals surface area contributed by atoms with Crippen LogP contribution in [0.25, 0.3) is 0 Å². The smallest absolute Gasteiger partial charge is 0.123 e. The summed E-state index contributed by atoms with van der Waals surface area (Å²) in [5.41, 5.74) is 3.96. The molecule has 0 saturated heterocycles. The van der Waals surface area contributed by atoms with Crippen molar-refractivity contribution in [3.8, 4) is 0 Å². The van der Waals surface area contributed by atoms with Gasteiger partial charge in [-0.2, -0.15) is 0 Å². The number of hydrazine groups is 1. The summed E-state index contributed by atoms with van der Waals surface area (Å²) in [4.78, 5) is 0. The first kappa shape index (κ1) is 14.8.